The standard InChI is InChI=1S/C16H19N5O2.HI/c1-10(14-8-12-6-4-5-7-13(12)22-14)19-16(17-3)18-9-15-20-11(2)23-21-15;/h4-8,10H,9H2,1-3H3,(H2,17,18,19);1H. The van der Waals surface area contributed by atoms with E-state index in [-0.39, 0.29) is 30.0 Å². The molecule has 0 aliphatic heterocycles. The summed E-state index contributed by atoms with van der Waals surface area (Å²) in [7, 11) is 1.71. The minimum absolute atomic E-state index is 0. The van der Waals surface area contributed by atoms with Crippen LogP contribution in [0.4, 0.5) is 0 Å². The maximum absolute atomic E-state index is 5.86. The van der Waals surface area contributed by atoms with Crippen LogP contribution in [0.5, 0.6) is 0 Å². The Morgan fingerprint density at radius 3 is 2.79 bits per heavy atom. The van der Waals surface area contributed by atoms with Crippen molar-refractivity contribution in [1.82, 2.24) is 20.8 Å². The van der Waals surface area contributed by atoms with Gasteiger partial charge in [-0.2, -0.15) is 4.98 Å². The van der Waals surface area contributed by atoms with Gasteiger partial charge in [-0.3, -0.25) is 4.99 Å². The van der Waals surface area contributed by atoms with Gasteiger partial charge in [-0.25, -0.2) is 0 Å². The van der Waals surface area contributed by atoms with Crippen LogP contribution in [0, 0.1) is 6.92 Å². The van der Waals surface area contributed by atoms with E-state index in [2.05, 4.69) is 25.8 Å². The van der Waals surface area contributed by atoms with E-state index in [0.29, 0.717) is 24.2 Å². The summed E-state index contributed by atoms with van der Waals surface area (Å²) >= 11 is 0. The fraction of sp³-hybridized carbons (Fsp3) is 0.312. The molecule has 0 spiro atoms. The van der Waals surface area contributed by atoms with Crippen LogP contribution < -0.4 is 10.6 Å². The maximum Gasteiger partial charge on any atom is 0.223 e. The van der Waals surface area contributed by atoms with Crippen LogP contribution in [-0.2, 0) is 6.54 Å². The Balaban J connectivity index is 0.00000208. The van der Waals surface area contributed by atoms with Gasteiger partial charge in [0.15, 0.2) is 11.8 Å². The van der Waals surface area contributed by atoms with Crippen molar-refractivity contribution >= 4 is 40.9 Å². The lowest BCUT2D eigenvalue weighted by atomic mass is 10.2. The highest BCUT2D eigenvalue weighted by Crippen LogP contribution is 2.23. The molecule has 2 N–H and O–H groups in total. The zero-order valence-electron chi connectivity index (χ0n) is 13.7. The highest BCUT2D eigenvalue weighted by molar-refractivity contribution is 14.0. The van der Waals surface area contributed by atoms with Crippen LogP contribution >= 0.6 is 24.0 Å². The molecule has 1 aromatic carbocycles. The summed E-state index contributed by atoms with van der Waals surface area (Å²) < 4.78 is 10.8. The summed E-state index contributed by atoms with van der Waals surface area (Å²) in [6.45, 7) is 4.21. The van der Waals surface area contributed by atoms with Crippen molar-refractivity contribution < 1.29 is 8.94 Å². The Morgan fingerprint density at radius 1 is 1.33 bits per heavy atom. The minimum Gasteiger partial charge on any atom is -0.459 e. The molecule has 7 nitrogen and oxygen atoms in total. The van der Waals surface area contributed by atoms with E-state index in [4.69, 9.17) is 8.94 Å². The zero-order chi connectivity index (χ0) is 16.2. The molecule has 24 heavy (non-hydrogen) atoms. The lowest BCUT2D eigenvalue weighted by Crippen LogP contribution is -2.38. The van der Waals surface area contributed by atoms with Crippen LogP contribution in [0.15, 0.2) is 44.3 Å². The Bertz CT molecular complexity index is 794. The predicted molar refractivity (Wildman–Crippen MR) is 102 cm³/mol. The highest BCUT2D eigenvalue weighted by atomic mass is 127. The van der Waals surface area contributed by atoms with Crippen molar-refractivity contribution in [1.29, 1.82) is 0 Å². The molecule has 0 saturated heterocycles. The van der Waals surface area contributed by atoms with E-state index in [1.54, 1.807) is 14.0 Å². The molecule has 0 amide bonds. The lowest BCUT2D eigenvalue weighted by molar-refractivity contribution is 0.386. The van der Waals surface area contributed by atoms with Gasteiger partial charge in [0, 0.05) is 19.4 Å². The molecule has 2 heterocycles. The van der Waals surface area contributed by atoms with Gasteiger partial charge in [0.1, 0.15) is 11.3 Å². The number of hydrogen-bond donors (Lipinski definition) is 2. The van der Waals surface area contributed by atoms with Crippen LogP contribution in [0.1, 0.15) is 30.4 Å². The fourth-order valence-electron chi connectivity index (χ4n) is 2.26. The summed E-state index contributed by atoms with van der Waals surface area (Å²) in [6, 6.07) is 9.94. The molecule has 0 aliphatic rings. The van der Waals surface area contributed by atoms with Crippen LogP contribution in [0.25, 0.3) is 11.0 Å². The number of halogens is 1. The molecular formula is C16H20IN5O2. The van der Waals surface area contributed by atoms with E-state index in [0.717, 1.165) is 16.7 Å². The number of rotatable bonds is 4. The number of guanidine groups is 1. The molecule has 8 heteroatoms. The number of para-hydroxylation sites is 1. The molecule has 1 unspecified atom stereocenters. The van der Waals surface area contributed by atoms with E-state index < -0.39 is 0 Å². The molecule has 3 rings (SSSR count). The molecule has 2 aromatic heterocycles. The fourth-order valence-corrected chi connectivity index (χ4v) is 2.26. The molecule has 1 atom stereocenters. The lowest BCUT2D eigenvalue weighted by Gasteiger charge is -2.15. The van der Waals surface area contributed by atoms with Gasteiger partial charge in [-0.1, -0.05) is 23.4 Å². The number of furan rings is 1. The summed E-state index contributed by atoms with van der Waals surface area (Å²) in [5.74, 6) is 2.62. The average Bonchev–Trinajstić information content (AvgIpc) is 3.17. The first-order chi connectivity index (χ1) is 11.2. The SMILES string of the molecule is CN=C(NCc1noc(C)n1)NC(C)c1cc2ccccc2o1.I. The molecule has 3 aromatic rings. The number of nitrogens with one attached hydrogen (secondary N) is 2. The molecule has 0 saturated carbocycles. The molecule has 128 valence electrons. The van der Waals surface area contributed by atoms with Crippen LogP contribution in [-0.4, -0.2) is 23.1 Å². The number of aryl methyl sites for hydroxylation is 1. The predicted octanol–water partition coefficient (Wildman–Crippen LogP) is 3.17. The van der Waals surface area contributed by atoms with Gasteiger partial charge in [0.05, 0.1) is 12.6 Å². The van der Waals surface area contributed by atoms with Crippen LogP contribution in [0.2, 0.25) is 0 Å². The number of aromatic nitrogens is 2. The summed E-state index contributed by atoms with van der Waals surface area (Å²) in [5, 5.41) is 11.3. The normalized spacial score (nSPS) is 12.7. The van der Waals surface area contributed by atoms with Crippen molar-refractivity contribution in [3.05, 3.63) is 47.8 Å². The van der Waals surface area contributed by atoms with Crippen molar-refractivity contribution in [3.63, 3.8) is 0 Å². The van der Waals surface area contributed by atoms with Gasteiger partial charge in [0.2, 0.25) is 5.89 Å². The molecule has 0 fully saturated rings. The second-order valence-corrected chi connectivity index (χ2v) is 5.21. The average molecular weight is 441 g/mol. The third-order valence-electron chi connectivity index (χ3n) is 3.43. The Labute approximate surface area is 156 Å². The van der Waals surface area contributed by atoms with Crippen molar-refractivity contribution in [2.75, 3.05) is 7.05 Å². The zero-order valence-corrected chi connectivity index (χ0v) is 16.1. The van der Waals surface area contributed by atoms with Gasteiger partial charge in [-0.15, -0.1) is 24.0 Å². The second-order valence-electron chi connectivity index (χ2n) is 5.21. The Hall–Kier alpha value is -2.10. The number of nitrogens with zero attached hydrogens (tertiary/aromatic N) is 3. The van der Waals surface area contributed by atoms with Gasteiger partial charge < -0.3 is 19.6 Å². The van der Waals surface area contributed by atoms with Gasteiger partial charge in [-0.05, 0) is 19.1 Å². The quantitative estimate of drug-likeness (QED) is 0.368. The smallest absolute Gasteiger partial charge is 0.223 e. The largest absolute Gasteiger partial charge is 0.459 e. The third-order valence-corrected chi connectivity index (χ3v) is 3.43. The van der Waals surface area contributed by atoms with E-state index >= 15 is 0 Å². The van der Waals surface area contributed by atoms with Crippen molar-refractivity contribution in [3.8, 4) is 0 Å². The summed E-state index contributed by atoms with van der Waals surface area (Å²) in [5.41, 5.74) is 0.876. The first kappa shape index (κ1) is 18.2. The Kier molecular flexibility index (Phi) is 6.18. The van der Waals surface area contributed by atoms with Crippen molar-refractivity contribution in [2.45, 2.75) is 26.4 Å². The minimum atomic E-state index is -0.0272. The van der Waals surface area contributed by atoms with E-state index in [1.165, 1.54) is 0 Å². The number of aliphatic imine (C=N–C) groups is 1. The maximum atomic E-state index is 5.86. The number of benzene rings is 1. The summed E-state index contributed by atoms with van der Waals surface area (Å²) in [4.78, 5) is 8.34. The second kappa shape index (κ2) is 8.13. The first-order valence-electron chi connectivity index (χ1n) is 7.40. The van der Waals surface area contributed by atoms with Crippen LogP contribution in [0.3, 0.4) is 0 Å². The van der Waals surface area contributed by atoms with Crippen molar-refractivity contribution in [2.24, 2.45) is 4.99 Å². The molecule has 0 bridgehead atoms. The number of hydrogen-bond acceptors (Lipinski definition) is 5. The molecular weight excluding hydrogens is 421 g/mol. The van der Waals surface area contributed by atoms with Gasteiger partial charge >= 0.3 is 0 Å². The molecule has 0 radical (unpaired) electrons. The topological polar surface area (TPSA) is 88.5 Å². The summed E-state index contributed by atoms with van der Waals surface area (Å²) in [6.07, 6.45) is 0. The number of fused-ring (bicyclic) bond motifs is 1. The van der Waals surface area contributed by atoms with E-state index in [9.17, 15) is 0 Å². The monoisotopic (exact) mass is 441 g/mol. The van der Waals surface area contributed by atoms with E-state index in [1.807, 2.05) is 37.3 Å². The molecule has 0 aliphatic carbocycles. The van der Waals surface area contributed by atoms with Gasteiger partial charge in [0.25, 0.3) is 0 Å². The Morgan fingerprint density at radius 2 is 2.12 bits per heavy atom. The third kappa shape index (κ3) is 4.25. The highest BCUT2D eigenvalue weighted by Gasteiger charge is 2.13. The first-order valence-corrected chi connectivity index (χ1v) is 7.40.